The Balaban J connectivity index is 2.09. The van der Waals surface area contributed by atoms with E-state index in [-0.39, 0.29) is 0 Å². The van der Waals surface area contributed by atoms with Crippen molar-refractivity contribution in [2.75, 3.05) is 26.8 Å². The van der Waals surface area contributed by atoms with Crippen LogP contribution in [0, 0.1) is 18.3 Å². The minimum Gasteiger partial charge on any atom is -0.486 e. The summed E-state index contributed by atoms with van der Waals surface area (Å²) in [6.45, 7) is 3.64. The molecule has 5 heteroatoms. The monoisotopic (exact) mass is 260 g/mol. The third-order valence-corrected chi connectivity index (χ3v) is 3.16. The Bertz CT molecular complexity index is 534. The number of nitriles is 1. The lowest BCUT2D eigenvalue weighted by molar-refractivity contribution is -0.124. The zero-order valence-electron chi connectivity index (χ0n) is 11.1. The van der Waals surface area contributed by atoms with Crippen LogP contribution in [-0.2, 0) is 11.2 Å². The van der Waals surface area contributed by atoms with Gasteiger partial charge in [0.1, 0.15) is 13.2 Å². The van der Waals surface area contributed by atoms with Gasteiger partial charge in [-0.05, 0) is 36.6 Å². The van der Waals surface area contributed by atoms with Crippen LogP contribution in [0.15, 0.2) is 12.1 Å². The first-order valence-electron chi connectivity index (χ1n) is 6.16. The largest absolute Gasteiger partial charge is 0.486 e. The summed E-state index contributed by atoms with van der Waals surface area (Å²) in [6.07, 6.45) is 0.687. The van der Waals surface area contributed by atoms with Crippen LogP contribution < -0.4 is 9.47 Å². The van der Waals surface area contributed by atoms with Gasteiger partial charge in [0.2, 0.25) is 0 Å². The summed E-state index contributed by atoms with van der Waals surface area (Å²) in [5, 5.41) is 8.54. The van der Waals surface area contributed by atoms with Crippen LogP contribution in [0.3, 0.4) is 0 Å². The fourth-order valence-corrected chi connectivity index (χ4v) is 1.98. The summed E-state index contributed by atoms with van der Waals surface area (Å²) < 4.78 is 11.0. The van der Waals surface area contributed by atoms with Crippen LogP contribution in [-0.4, -0.2) is 37.6 Å². The van der Waals surface area contributed by atoms with Crippen LogP contribution >= 0.6 is 0 Å². The number of fused-ring (bicyclic) bond motifs is 1. The maximum atomic E-state index is 11.2. The summed E-state index contributed by atoms with van der Waals surface area (Å²) >= 11 is 0. The molecular formula is C14H16N2O3. The first kappa shape index (κ1) is 13.2. The van der Waals surface area contributed by atoms with Gasteiger partial charge < -0.3 is 14.4 Å². The highest BCUT2D eigenvalue weighted by atomic mass is 16.6. The Morgan fingerprint density at radius 1 is 1.37 bits per heavy atom. The second kappa shape index (κ2) is 5.61. The molecule has 0 aromatic heterocycles. The SMILES string of the molecule is Cc1cc2c(cc1CCN(C)C(=O)C#N)OCCO2. The van der Waals surface area contributed by atoms with E-state index in [9.17, 15) is 4.79 Å². The van der Waals surface area contributed by atoms with Gasteiger partial charge in [-0.3, -0.25) is 4.79 Å². The van der Waals surface area contributed by atoms with E-state index in [0.717, 1.165) is 22.6 Å². The molecule has 2 rings (SSSR count). The number of aryl methyl sites for hydroxylation is 1. The summed E-state index contributed by atoms with van der Waals surface area (Å²) in [6, 6.07) is 5.52. The predicted molar refractivity (Wildman–Crippen MR) is 69.1 cm³/mol. The van der Waals surface area contributed by atoms with E-state index in [0.29, 0.717) is 26.2 Å². The molecule has 0 saturated carbocycles. The normalized spacial score (nSPS) is 12.7. The molecule has 0 atom stereocenters. The Morgan fingerprint density at radius 3 is 2.63 bits per heavy atom. The molecule has 1 aliphatic rings. The molecule has 1 amide bonds. The average molecular weight is 260 g/mol. The number of benzene rings is 1. The summed E-state index contributed by atoms with van der Waals surface area (Å²) in [5.74, 6) is 1.00. The molecule has 1 aromatic carbocycles. The molecular weight excluding hydrogens is 244 g/mol. The number of likely N-dealkylation sites (N-methyl/N-ethyl adjacent to an activating group) is 1. The Morgan fingerprint density at radius 2 is 2.00 bits per heavy atom. The van der Waals surface area contributed by atoms with Gasteiger partial charge in [-0.1, -0.05) is 0 Å². The number of carbonyl (C=O) groups excluding carboxylic acids is 1. The maximum absolute atomic E-state index is 11.2. The fraction of sp³-hybridized carbons (Fsp3) is 0.429. The molecule has 0 spiro atoms. The summed E-state index contributed by atoms with van der Waals surface area (Å²) in [7, 11) is 1.62. The van der Waals surface area contributed by atoms with Crippen molar-refractivity contribution in [1.82, 2.24) is 4.90 Å². The second-order valence-electron chi connectivity index (χ2n) is 4.51. The second-order valence-corrected chi connectivity index (χ2v) is 4.51. The van der Waals surface area contributed by atoms with Crippen LogP contribution in [0.5, 0.6) is 11.5 Å². The molecule has 0 aliphatic carbocycles. The standard InChI is InChI=1S/C14H16N2O3/c1-10-7-12-13(19-6-5-18-12)8-11(10)3-4-16(2)14(17)9-15/h7-8H,3-6H2,1-2H3. The molecule has 0 saturated heterocycles. The van der Waals surface area contributed by atoms with Crippen molar-refractivity contribution in [3.8, 4) is 17.6 Å². The van der Waals surface area contributed by atoms with E-state index in [2.05, 4.69) is 0 Å². The van der Waals surface area contributed by atoms with Crippen molar-refractivity contribution in [2.45, 2.75) is 13.3 Å². The van der Waals surface area contributed by atoms with Gasteiger partial charge in [0.25, 0.3) is 0 Å². The number of rotatable bonds is 3. The van der Waals surface area contributed by atoms with Gasteiger partial charge >= 0.3 is 5.91 Å². The number of carbonyl (C=O) groups is 1. The lowest BCUT2D eigenvalue weighted by Crippen LogP contribution is -2.27. The van der Waals surface area contributed by atoms with Crippen LogP contribution in [0.2, 0.25) is 0 Å². The van der Waals surface area contributed by atoms with E-state index in [1.807, 2.05) is 19.1 Å². The number of ether oxygens (including phenoxy) is 2. The maximum Gasteiger partial charge on any atom is 0.324 e. The predicted octanol–water partition coefficient (Wildman–Crippen LogP) is 1.29. The van der Waals surface area contributed by atoms with E-state index >= 15 is 0 Å². The Kier molecular flexibility index (Phi) is 3.91. The van der Waals surface area contributed by atoms with Gasteiger partial charge in [0.15, 0.2) is 17.6 Å². The molecule has 100 valence electrons. The van der Waals surface area contributed by atoms with E-state index in [4.69, 9.17) is 14.7 Å². The van der Waals surface area contributed by atoms with Gasteiger partial charge in [0, 0.05) is 13.6 Å². The summed E-state index contributed by atoms with van der Waals surface area (Å²) in [5.41, 5.74) is 2.20. The molecule has 19 heavy (non-hydrogen) atoms. The molecule has 0 N–H and O–H groups in total. The molecule has 0 fully saturated rings. The highest BCUT2D eigenvalue weighted by Gasteiger charge is 2.15. The van der Waals surface area contributed by atoms with Gasteiger partial charge in [0.05, 0.1) is 0 Å². The first-order chi connectivity index (χ1) is 9.11. The van der Waals surface area contributed by atoms with Crippen molar-refractivity contribution >= 4 is 5.91 Å². The summed E-state index contributed by atoms with van der Waals surface area (Å²) in [4.78, 5) is 12.6. The van der Waals surface area contributed by atoms with Crippen LogP contribution in [0.25, 0.3) is 0 Å². The first-order valence-corrected chi connectivity index (χ1v) is 6.16. The van der Waals surface area contributed by atoms with E-state index < -0.39 is 5.91 Å². The molecule has 1 heterocycles. The topological polar surface area (TPSA) is 62.6 Å². The number of nitrogens with zero attached hydrogens (tertiary/aromatic N) is 2. The molecule has 0 radical (unpaired) electrons. The molecule has 1 aliphatic heterocycles. The third-order valence-electron chi connectivity index (χ3n) is 3.16. The highest BCUT2D eigenvalue weighted by Crippen LogP contribution is 2.33. The fourth-order valence-electron chi connectivity index (χ4n) is 1.98. The average Bonchev–Trinajstić information content (AvgIpc) is 2.43. The van der Waals surface area contributed by atoms with Crippen molar-refractivity contribution in [2.24, 2.45) is 0 Å². The molecule has 1 aromatic rings. The van der Waals surface area contributed by atoms with Crippen molar-refractivity contribution < 1.29 is 14.3 Å². The Labute approximate surface area is 112 Å². The zero-order valence-corrected chi connectivity index (χ0v) is 11.1. The van der Waals surface area contributed by atoms with Crippen LogP contribution in [0.1, 0.15) is 11.1 Å². The third kappa shape index (κ3) is 2.97. The van der Waals surface area contributed by atoms with Crippen molar-refractivity contribution in [1.29, 1.82) is 5.26 Å². The molecule has 0 bridgehead atoms. The van der Waals surface area contributed by atoms with Crippen molar-refractivity contribution in [3.05, 3.63) is 23.3 Å². The minimum absolute atomic E-state index is 0.507. The molecule has 5 nitrogen and oxygen atoms in total. The van der Waals surface area contributed by atoms with Crippen molar-refractivity contribution in [3.63, 3.8) is 0 Å². The zero-order chi connectivity index (χ0) is 13.8. The number of amides is 1. The van der Waals surface area contributed by atoms with Gasteiger partial charge in [-0.2, -0.15) is 5.26 Å². The Hall–Kier alpha value is -2.22. The van der Waals surface area contributed by atoms with Gasteiger partial charge in [-0.25, -0.2) is 0 Å². The lowest BCUT2D eigenvalue weighted by Gasteiger charge is -2.21. The number of hydrogen-bond donors (Lipinski definition) is 0. The molecule has 0 unspecified atom stereocenters. The van der Waals surface area contributed by atoms with Crippen LogP contribution in [0.4, 0.5) is 0 Å². The van der Waals surface area contributed by atoms with Gasteiger partial charge in [-0.15, -0.1) is 0 Å². The lowest BCUT2D eigenvalue weighted by atomic mass is 10.0. The quantitative estimate of drug-likeness (QED) is 0.768. The van der Waals surface area contributed by atoms with E-state index in [1.165, 1.54) is 4.90 Å². The number of hydrogen-bond acceptors (Lipinski definition) is 4. The smallest absolute Gasteiger partial charge is 0.324 e. The minimum atomic E-state index is -0.518. The highest BCUT2D eigenvalue weighted by molar-refractivity contribution is 5.90. The van der Waals surface area contributed by atoms with E-state index in [1.54, 1.807) is 13.1 Å².